The van der Waals surface area contributed by atoms with Gasteiger partial charge < -0.3 is 20.4 Å². The average Bonchev–Trinajstić information content (AvgIpc) is 3.15. The third kappa shape index (κ3) is 5.88. The Kier molecular flexibility index (Phi) is 7.62. The van der Waals surface area contributed by atoms with E-state index >= 15 is 0 Å². The van der Waals surface area contributed by atoms with Gasteiger partial charge in [0.1, 0.15) is 0 Å². The molecule has 0 aliphatic carbocycles. The number of aliphatic imine (C=N–C) groups is 1. The first kappa shape index (κ1) is 19.5. The minimum atomic E-state index is 0.666. The fraction of sp³-hybridized carbons (Fsp3) is 0.650. The van der Waals surface area contributed by atoms with Gasteiger partial charge in [-0.3, -0.25) is 4.99 Å². The lowest BCUT2D eigenvalue weighted by molar-refractivity contribution is 0.232. The second kappa shape index (κ2) is 10.2. The van der Waals surface area contributed by atoms with Gasteiger partial charge in [0.05, 0.1) is 0 Å². The zero-order chi connectivity index (χ0) is 18.2. The third-order valence-electron chi connectivity index (χ3n) is 5.43. The maximum absolute atomic E-state index is 4.38. The van der Waals surface area contributed by atoms with Crippen LogP contribution in [0.15, 0.2) is 33.7 Å². The lowest BCUT2D eigenvalue weighted by Gasteiger charge is -2.26. The van der Waals surface area contributed by atoms with E-state index in [2.05, 4.69) is 65.6 Å². The third-order valence-corrected chi connectivity index (χ3v) is 5.96. The molecule has 2 aliphatic heterocycles. The van der Waals surface area contributed by atoms with E-state index in [1.807, 2.05) is 7.05 Å². The van der Waals surface area contributed by atoms with Gasteiger partial charge in [0, 0.05) is 49.9 Å². The number of nitrogens with zero attached hydrogens (tertiary/aromatic N) is 3. The summed E-state index contributed by atoms with van der Waals surface area (Å²) in [5, 5.41) is 6.98. The normalized spacial score (nSPS) is 21.8. The van der Waals surface area contributed by atoms with Crippen LogP contribution in [-0.2, 0) is 0 Å². The molecule has 3 rings (SSSR count). The molecule has 26 heavy (non-hydrogen) atoms. The van der Waals surface area contributed by atoms with Crippen molar-refractivity contribution < 1.29 is 0 Å². The van der Waals surface area contributed by atoms with Gasteiger partial charge in [-0.05, 0) is 62.5 Å². The van der Waals surface area contributed by atoms with E-state index in [-0.39, 0.29) is 0 Å². The molecule has 1 unspecified atom stereocenters. The van der Waals surface area contributed by atoms with E-state index in [1.54, 1.807) is 0 Å². The van der Waals surface area contributed by atoms with E-state index in [4.69, 9.17) is 0 Å². The van der Waals surface area contributed by atoms with Crippen LogP contribution in [0.2, 0.25) is 0 Å². The molecule has 6 heteroatoms. The molecule has 1 aromatic carbocycles. The highest BCUT2D eigenvalue weighted by molar-refractivity contribution is 9.10. The number of anilines is 1. The number of nitrogens with one attached hydrogen (secondary N) is 2. The second-order valence-electron chi connectivity index (χ2n) is 7.36. The highest BCUT2D eigenvalue weighted by atomic mass is 79.9. The molecular formula is C20H32BrN5. The molecule has 0 radical (unpaired) electrons. The monoisotopic (exact) mass is 421 g/mol. The Morgan fingerprint density at radius 2 is 1.88 bits per heavy atom. The summed E-state index contributed by atoms with van der Waals surface area (Å²) >= 11 is 3.51. The van der Waals surface area contributed by atoms with Crippen molar-refractivity contribution in [2.45, 2.75) is 25.7 Å². The number of hydrogen-bond acceptors (Lipinski definition) is 3. The van der Waals surface area contributed by atoms with Crippen LogP contribution in [0.3, 0.4) is 0 Å². The average molecular weight is 422 g/mol. The molecule has 0 spiro atoms. The SMILES string of the molecule is CN=C(NCCN1CCCCC1)NCC1CCN(c2ccc(Br)cc2)C1. The molecule has 0 aromatic heterocycles. The standard InChI is InChI=1S/C20H32BrN5/c1-22-20(23-10-14-25-11-3-2-4-12-25)24-15-17-9-13-26(16-17)19-7-5-18(21)6-8-19/h5-8,17H,2-4,9-16H2,1H3,(H2,22,23,24). The number of hydrogen-bond donors (Lipinski definition) is 2. The summed E-state index contributed by atoms with van der Waals surface area (Å²) in [6.45, 7) is 7.81. The summed E-state index contributed by atoms with van der Waals surface area (Å²) in [6.07, 6.45) is 5.33. The van der Waals surface area contributed by atoms with Crippen LogP contribution < -0.4 is 15.5 Å². The van der Waals surface area contributed by atoms with Crippen LogP contribution in [0, 0.1) is 5.92 Å². The largest absolute Gasteiger partial charge is 0.371 e. The Labute approximate surface area is 166 Å². The topological polar surface area (TPSA) is 42.9 Å². The van der Waals surface area contributed by atoms with Crippen LogP contribution in [0.4, 0.5) is 5.69 Å². The van der Waals surface area contributed by atoms with Crippen LogP contribution >= 0.6 is 15.9 Å². The molecular weight excluding hydrogens is 390 g/mol. The molecule has 0 amide bonds. The molecule has 2 aliphatic rings. The van der Waals surface area contributed by atoms with Crippen molar-refractivity contribution in [2.24, 2.45) is 10.9 Å². The number of benzene rings is 1. The highest BCUT2D eigenvalue weighted by Crippen LogP contribution is 2.24. The van der Waals surface area contributed by atoms with E-state index in [9.17, 15) is 0 Å². The molecule has 1 aromatic rings. The molecule has 0 saturated carbocycles. The minimum absolute atomic E-state index is 0.666. The maximum Gasteiger partial charge on any atom is 0.191 e. The van der Waals surface area contributed by atoms with Crippen molar-refractivity contribution >= 4 is 27.6 Å². The summed E-state index contributed by atoms with van der Waals surface area (Å²) in [7, 11) is 1.86. The molecule has 2 saturated heterocycles. The zero-order valence-electron chi connectivity index (χ0n) is 15.9. The predicted octanol–water partition coefficient (Wildman–Crippen LogP) is 2.93. The Morgan fingerprint density at radius 3 is 2.62 bits per heavy atom. The predicted molar refractivity (Wildman–Crippen MR) is 114 cm³/mol. The van der Waals surface area contributed by atoms with Gasteiger partial charge in [-0.2, -0.15) is 0 Å². The number of rotatable bonds is 6. The lowest BCUT2D eigenvalue weighted by atomic mass is 10.1. The van der Waals surface area contributed by atoms with Crippen molar-refractivity contribution in [1.29, 1.82) is 0 Å². The first-order valence-electron chi connectivity index (χ1n) is 9.92. The molecule has 2 heterocycles. The molecule has 1 atom stereocenters. The summed E-state index contributed by atoms with van der Waals surface area (Å²) in [5.74, 6) is 1.60. The van der Waals surface area contributed by atoms with Crippen molar-refractivity contribution in [3.63, 3.8) is 0 Å². The minimum Gasteiger partial charge on any atom is -0.371 e. The number of guanidine groups is 1. The Hall–Kier alpha value is -1.27. The number of halogens is 1. The van der Waals surface area contributed by atoms with Crippen molar-refractivity contribution in [3.05, 3.63) is 28.7 Å². The van der Waals surface area contributed by atoms with Gasteiger partial charge in [0.15, 0.2) is 5.96 Å². The van der Waals surface area contributed by atoms with Gasteiger partial charge in [-0.25, -0.2) is 0 Å². The maximum atomic E-state index is 4.38. The van der Waals surface area contributed by atoms with Crippen molar-refractivity contribution in [1.82, 2.24) is 15.5 Å². The van der Waals surface area contributed by atoms with Gasteiger partial charge in [-0.15, -0.1) is 0 Å². The molecule has 144 valence electrons. The second-order valence-corrected chi connectivity index (χ2v) is 8.28. The molecule has 0 bridgehead atoms. The summed E-state index contributed by atoms with van der Waals surface area (Å²) in [6, 6.07) is 8.63. The number of likely N-dealkylation sites (tertiary alicyclic amines) is 1. The van der Waals surface area contributed by atoms with Gasteiger partial charge in [0.25, 0.3) is 0 Å². The van der Waals surface area contributed by atoms with Gasteiger partial charge in [0.2, 0.25) is 0 Å². The summed E-state index contributed by atoms with van der Waals surface area (Å²) in [5.41, 5.74) is 1.32. The Bertz CT molecular complexity index is 568. The van der Waals surface area contributed by atoms with Crippen molar-refractivity contribution in [3.8, 4) is 0 Å². The highest BCUT2D eigenvalue weighted by Gasteiger charge is 2.22. The summed E-state index contributed by atoms with van der Waals surface area (Å²) < 4.78 is 1.14. The summed E-state index contributed by atoms with van der Waals surface area (Å²) in [4.78, 5) is 9.41. The lowest BCUT2D eigenvalue weighted by Crippen LogP contribution is -2.44. The Balaban J connectivity index is 1.35. The van der Waals surface area contributed by atoms with Crippen LogP contribution in [0.5, 0.6) is 0 Å². The van der Waals surface area contributed by atoms with E-state index in [0.717, 1.165) is 43.2 Å². The molecule has 2 fully saturated rings. The first-order valence-corrected chi connectivity index (χ1v) is 10.7. The zero-order valence-corrected chi connectivity index (χ0v) is 17.5. The van der Waals surface area contributed by atoms with E-state index in [1.165, 1.54) is 44.5 Å². The van der Waals surface area contributed by atoms with Gasteiger partial charge in [-0.1, -0.05) is 22.4 Å². The smallest absolute Gasteiger partial charge is 0.191 e. The first-order chi connectivity index (χ1) is 12.7. The fourth-order valence-electron chi connectivity index (χ4n) is 3.86. The van der Waals surface area contributed by atoms with E-state index < -0.39 is 0 Å². The number of piperidine rings is 1. The van der Waals surface area contributed by atoms with Gasteiger partial charge >= 0.3 is 0 Å². The van der Waals surface area contributed by atoms with Crippen LogP contribution in [-0.4, -0.2) is 63.7 Å². The molecule has 2 N–H and O–H groups in total. The Morgan fingerprint density at radius 1 is 1.12 bits per heavy atom. The molecule has 5 nitrogen and oxygen atoms in total. The quantitative estimate of drug-likeness (QED) is 0.547. The van der Waals surface area contributed by atoms with Crippen LogP contribution in [0.25, 0.3) is 0 Å². The van der Waals surface area contributed by atoms with Crippen LogP contribution in [0.1, 0.15) is 25.7 Å². The fourth-order valence-corrected chi connectivity index (χ4v) is 4.13. The van der Waals surface area contributed by atoms with Crippen molar-refractivity contribution in [2.75, 3.05) is 57.8 Å². The van der Waals surface area contributed by atoms with E-state index in [0.29, 0.717) is 5.92 Å².